The third-order valence-electron chi connectivity index (χ3n) is 3.34. The van der Waals surface area contributed by atoms with Crippen LogP contribution in [0.2, 0.25) is 0 Å². The maximum atomic E-state index is 13.7. The minimum atomic E-state index is -0.449. The summed E-state index contributed by atoms with van der Waals surface area (Å²) < 4.78 is 21.6. The number of fused-ring (bicyclic) bond motifs is 1. The van der Waals surface area contributed by atoms with Gasteiger partial charge in [0, 0.05) is 16.6 Å². The fraction of sp³-hybridized carbons (Fsp3) is 0.133. The number of halogens is 2. The molecule has 21 heavy (non-hydrogen) atoms. The fourth-order valence-corrected chi connectivity index (χ4v) is 2.67. The SMILES string of the molecule is COc1cc2c(cc1F)nc(N)n2Cc1ccccc1Br. The average Bonchev–Trinajstić information content (AvgIpc) is 2.75. The predicted molar refractivity (Wildman–Crippen MR) is 83.9 cm³/mol. The monoisotopic (exact) mass is 349 g/mol. The van der Waals surface area contributed by atoms with Gasteiger partial charge in [0.1, 0.15) is 0 Å². The van der Waals surface area contributed by atoms with Gasteiger partial charge in [0.05, 0.1) is 24.7 Å². The van der Waals surface area contributed by atoms with Gasteiger partial charge in [-0.1, -0.05) is 34.1 Å². The summed E-state index contributed by atoms with van der Waals surface area (Å²) in [5.74, 6) is 0.0692. The zero-order valence-electron chi connectivity index (χ0n) is 11.3. The van der Waals surface area contributed by atoms with Crippen molar-refractivity contribution < 1.29 is 9.13 Å². The molecule has 0 atom stereocenters. The van der Waals surface area contributed by atoms with Crippen molar-refractivity contribution in [1.82, 2.24) is 9.55 Å². The first-order chi connectivity index (χ1) is 10.1. The molecule has 0 fully saturated rings. The zero-order valence-corrected chi connectivity index (χ0v) is 12.9. The van der Waals surface area contributed by atoms with Crippen molar-refractivity contribution in [2.45, 2.75) is 6.54 Å². The van der Waals surface area contributed by atoms with Crippen molar-refractivity contribution in [2.24, 2.45) is 0 Å². The largest absolute Gasteiger partial charge is 0.494 e. The number of methoxy groups -OCH3 is 1. The van der Waals surface area contributed by atoms with Crippen molar-refractivity contribution in [2.75, 3.05) is 12.8 Å². The second kappa shape index (κ2) is 5.37. The van der Waals surface area contributed by atoms with Crippen molar-refractivity contribution >= 4 is 32.9 Å². The van der Waals surface area contributed by atoms with Crippen LogP contribution in [0.15, 0.2) is 40.9 Å². The fourth-order valence-electron chi connectivity index (χ4n) is 2.26. The lowest BCUT2D eigenvalue weighted by molar-refractivity contribution is 0.387. The van der Waals surface area contributed by atoms with E-state index in [1.54, 1.807) is 6.07 Å². The predicted octanol–water partition coefficient (Wildman–Crippen LogP) is 3.58. The van der Waals surface area contributed by atoms with Crippen LogP contribution < -0.4 is 10.5 Å². The number of hydrogen-bond donors (Lipinski definition) is 1. The molecule has 6 heteroatoms. The molecule has 0 aliphatic carbocycles. The molecule has 0 aliphatic rings. The van der Waals surface area contributed by atoms with E-state index < -0.39 is 5.82 Å². The molecular weight excluding hydrogens is 337 g/mol. The van der Waals surface area contributed by atoms with Gasteiger partial charge >= 0.3 is 0 Å². The molecule has 0 spiro atoms. The molecule has 3 aromatic rings. The Bertz CT molecular complexity index is 816. The van der Waals surface area contributed by atoms with Crippen LogP contribution in [-0.2, 0) is 6.54 Å². The smallest absolute Gasteiger partial charge is 0.201 e. The van der Waals surface area contributed by atoms with Gasteiger partial charge < -0.3 is 15.0 Å². The molecule has 2 aromatic carbocycles. The third kappa shape index (κ3) is 2.47. The molecule has 1 aromatic heterocycles. The van der Waals surface area contributed by atoms with Crippen LogP contribution in [0, 0.1) is 5.82 Å². The Morgan fingerprint density at radius 2 is 2.10 bits per heavy atom. The van der Waals surface area contributed by atoms with Gasteiger partial charge in [0.25, 0.3) is 0 Å². The first-order valence-corrected chi connectivity index (χ1v) is 7.12. The minimum absolute atomic E-state index is 0.177. The van der Waals surface area contributed by atoms with Gasteiger partial charge in [-0.3, -0.25) is 0 Å². The average molecular weight is 350 g/mol. The maximum absolute atomic E-state index is 13.7. The lowest BCUT2D eigenvalue weighted by Gasteiger charge is -2.09. The first kappa shape index (κ1) is 13.9. The third-order valence-corrected chi connectivity index (χ3v) is 4.11. The number of anilines is 1. The molecule has 0 bridgehead atoms. The van der Waals surface area contributed by atoms with Crippen molar-refractivity contribution in [1.29, 1.82) is 0 Å². The molecule has 108 valence electrons. The van der Waals surface area contributed by atoms with E-state index >= 15 is 0 Å². The van der Waals surface area contributed by atoms with Gasteiger partial charge in [-0.2, -0.15) is 0 Å². The number of ether oxygens (including phenoxy) is 1. The van der Waals surface area contributed by atoms with Gasteiger partial charge in [0.15, 0.2) is 11.6 Å². The van der Waals surface area contributed by atoms with Crippen molar-refractivity contribution in [3.63, 3.8) is 0 Å². The van der Waals surface area contributed by atoms with Crippen molar-refractivity contribution in [3.8, 4) is 5.75 Å². The van der Waals surface area contributed by atoms with E-state index in [1.807, 2.05) is 28.8 Å². The Balaban J connectivity index is 2.14. The quantitative estimate of drug-likeness (QED) is 0.786. The number of rotatable bonds is 3. The summed E-state index contributed by atoms with van der Waals surface area (Å²) in [6.07, 6.45) is 0. The molecular formula is C15H13BrFN3O. The van der Waals surface area contributed by atoms with Crippen LogP contribution in [0.5, 0.6) is 5.75 Å². The summed E-state index contributed by atoms with van der Waals surface area (Å²) in [7, 11) is 1.43. The Hall–Kier alpha value is -2.08. The molecule has 0 radical (unpaired) electrons. The minimum Gasteiger partial charge on any atom is -0.494 e. The number of nitrogen functional groups attached to an aromatic ring is 1. The second-order valence-corrected chi connectivity index (χ2v) is 5.48. The highest BCUT2D eigenvalue weighted by molar-refractivity contribution is 9.10. The zero-order chi connectivity index (χ0) is 15.0. The first-order valence-electron chi connectivity index (χ1n) is 6.33. The van der Waals surface area contributed by atoms with Crippen LogP contribution in [0.1, 0.15) is 5.56 Å². The van der Waals surface area contributed by atoms with Crippen molar-refractivity contribution in [3.05, 3.63) is 52.3 Å². The number of imidazole rings is 1. The summed E-state index contributed by atoms with van der Waals surface area (Å²) in [6.45, 7) is 0.540. The van der Waals surface area contributed by atoms with Gasteiger partial charge in [-0.15, -0.1) is 0 Å². The van der Waals surface area contributed by atoms with E-state index in [0.29, 0.717) is 18.0 Å². The van der Waals surface area contributed by atoms with E-state index in [0.717, 1.165) is 15.6 Å². The Morgan fingerprint density at radius 3 is 2.81 bits per heavy atom. The van der Waals surface area contributed by atoms with E-state index in [9.17, 15) is 4.39 Å². The number of hydrogen-bond acceptors (Lipinski definition) is 3. The van der Waals surface area contributed by atoms with E-state index in [-0.39, 0.29) is 5.75 Å². The van der Waals surface area contributed by atoms with Crippen LogP contribution in [0.3, 0.4) is 0 Å². The Morgan fingerprint density at radius 1 is 1.33 bits per heavy atom. The van der Waals surface area contributed by atoms with Gasteiger partial charge in [0.2, 0.25) is 5.95 Å². The summed E-state index contributed by atoms with van der Waals surface area (Å²) in [5.41, 5.74) is 8.28. The summed E-state index contributed by atoms with van der Waals surface area (Å²) >= 11 is 3.51. The highest BCUT2D eigenvalue weighted by Crippen LogP contribution is 2.28. The molecule has 2 N–H and O–H groups in total. The van der Waals surface area contributed by atoms with Gasteiger partial charge in [-0.25, -0.2) is 9.37 Å². The van der Waals surface area contributed by atoms with Crippen LogP contribution in [0.25, 0.3) is 11.0 Å². The van der Waals surface area contributed by atoms with E-state index in [1.165, 1.54) is 13.2 Å². The summed E-state index contributed by atoms with van der Waals surface area (Å²) in [4.78, 5) is 4.21. The Labute approximate surface area is 129 Å². The summed E-state index contributed by atoms with van der Waals surface area (Å²) in [6, 6.07) is 10.8. The molecule has 4 nitrogen and oxygen atoms in total. The lowest BCUT2D eigenvalue weighted by atomic mass is 10.2. The van der Waals surface area contributed by atoms with Gasteiger partial charge in [-0.05, 0) is 11.6 Å². The molecule has 0 saturated carbocycles. The normalized spacial score (nSPS) is 11.0. The van der Waals surface area contributed by atoms with E-state index in [4.69, 9.17) is 10.5 Å². The molecule has 0 amide bonds. The van der Waals surface area contributed by atoms with Crippen LogP contribution >= 0.6 is 15.9 Å². The highest BCUT2D eigenvalue weighted by Gasteiger charge is 2.14. The molecule has 3 rings (SSSR count). The topological polar surface area (TPSA) is 53.1 Å². The number of aromatic nitrogens is 2. The molecule has 0 unspecified atom stereocenters. The summed E-state index contributed by atoms with van der Waals surface area (Å²) in [5, 5.41) is 0. The Kier molecular flexibility index (Phi) is 3.55. The van der Waals surface area contributed by atoms with Crippen LogP contribution in [-0.4, -0.2) is 16.7 Å². The number of benzene rings is 2. The second-order valence-electron chi connectivity index (χ2n) is 4.62. The lowest BCUT2D eigenvalue weighted by Crippen LogP contribution is -2.05. The highest BCUT2D eigenvalue weighted by atomic mass is 79.9. The molecule has 0 saturated heterocycles. The number of nitrogens with zero attached hydrogens (tertiary/aromatic N) is 2. The molecule has 1 heterocycles. The molecule has 0 aliphatic heterocycles. The van der Waals surface area contributed by atoms with Crippen LogP contribution in [0.4, 0.5) is 10.3 Å². The number of nitrogens with two attached hydrogens (primary N) is 1. The standard InChI is InChI=1S/C15H13BrFN3O/c1-21-14-7-13-12(6-11(14)17)19-15(18)20(13)8-9-4-2-3-5-10(9)16/h2-7H,8H2,1H3,(H2,18,19). The van der Waals surface area contributed by atoms with E-state index in [2.05, 4.69) is 20.9 Å². The maximum Gasteiger partial charge on any atom is 0.201 e.